The van der Waals surface area contributed by atoms with Crippen molar-refractivity contribution < 1.29 is 15.3 Å². The lowest BCUT2D eigenvalue weighted by Gasteiger charge is -2.03. The molecule has 0 bridgehead atoms. The number of thiazole rings is 2. The SMILES string of the molecule is C=C(C)Cn1c(O)c(CO)sc1=N/N=c1\scc(O)n1C. The second-order valence-electron chi connectivity index (χ2n) is 4.47. The van der Waals surface area contributed by atoms with Crippen molar-refractivity contribution in [1.29, 1.82) is 0 Å². The molecule has 2 aromatic heterocycles. The second-order valence-corrected chi connectivity index (χ2v) is 6.37. The first-order valence-corrected chi connectivity index (χ1v) is 7.71. The van der Waals surface area contributed by atoms with Gasteiger partial charge in [0.15, 0.2) is 0 Å². The Kier molecular flexibility index (Phi) is 4.66. The fourth-order valence-electron chi connectivity index (χ4n) is 1.58. The van der Waals surface area contributed by atoms with Gasteiger partial charge in [-0.1, -0.05) is 34.8 Å². The van der Waals surface area contributed by atoms with Gasteiger partial charge in [-0.15, -0.1) is 10.2 Å². The molecule has 0 aliphatic heterocycles. The van der Waals surface area contributed by atoms with E-state index in [1.165, 1.54) is 20.5 Å². The van der Waals surface area contributed by atoms with E-state index in [4.69, 9.17) is 0 Å². The van der Waals surface area contributed by atoms with Crippen molar-refractivity contribution in [2.45, 2.75) is 20.1 Å². The lowest BCUT2D eigenvalue weighted by Crippen LogP contribution is -2.16. The summed E-state index contributed by atoms with van der Waals surface area (Å²) in [7, 11) is 1.67. The minimum atomic E-state index is -0.268. The molecule has 114 valence electrons. The van der Waals surface area contributed by atoms with Crippen LogP contribution in [-0.2, 0) is 20.2 Å². The molecule has 21 heavy (non-hydrogen) atoms. The molecule has 0 unspecified atom stereocenters. The van der Waals surface area contributed by atoms with Gasteiger partial charge in [0.05, 0.1) is 16.9 Å². The summed E-state index contributed by atoms with van der Waals surface area (Å²) in [6.45, 7) is 5.76. The highest BCUT2D eigenvalue weighted by Gasteiger charge is 2.11. The van der Waals surface area contributed by atoms with Crippen molar-refractivity contribution in [3.63, 3.8) is 0 Å². The number of aliphatic hydroxyl groups is 1. The van der Waals surface area contributed by atoms with Crippen LogP contribution >= 0.6 is 22.7 Å². The average molecular weight is 328 g/mol. The Morgan fingerprint density at radius 1 is 1.33 bits per heavy atom. The zero-order chi connectivity index (χ0) is 15.6. The summed E-state index contributed by atoms with van der Waals surface area (Å²) in [6, 6.07) is 0. The Morgan fingerprint density at radius 3 is 2.52 bits per heavy atom. The zero-order valence-corrected chi connectivity index (χ0v) is 13.3. The van der Waals surface area contributed by atoms with Gasteiger partial charge in [0.2, 0.25) is 21.4 Å². The molecule has 0 amide bonds. The van der Waals surface area contributed by atoms with Gasteiger partial charge >= 0.3 is 0 Å². The van der Waals surface area contributed by atoms with Gasteiger partial charge in [-0.2, -0.15) is 0 Å². The topological polar surface area (TPSA) is 95.3 Å². The van der Waals surface area contributed by atoms with Gasteiger partial charge in [0.1, 0.15) is 0 Å². The van der Waals surface area contributed by atoms with Crippen LogP contribution in [0.15, 0.2) is 27.7 Å². The Morgan fingerprint density at radius 2 is 2.00 bits per heavy atom. The Balaban J connectivity index is 2.57. The molecular formula is C12H16N4O3S2. The highest BCUT2D eigenvalue weighted by molar-refractivity contribution is 7.09. The summed E-state index contributed by atoms with van der Waals surface area (Å²) in [5, 5.41) is 38.5. The Bertz CT molecular complexity index is 794. The van der Waals surface area contributed by atoms with Crippen LogP contribution in [0.25, 0.3) is 0 Å². The minimum absolute atomic E-state index is 0.0298. The highest BCUT2D eigenvalue weighted by Crippen LogP contribution is 2.20. The fourth-order valence-corrected chi connectivity index (χ4v) is 3.12. The maximum Gasteiger partial charge on any atom is 0.214 e. The Hall–Kier alpha value is -1.84. The van der Waals surface area contributed by atoms with Gasteiger partial charge < -0.3 is 15.3 Å². The van der Waals surface area contributed by atoms with Crippen LogP contribution in [0.5, 0.6) is 11.8 Å². The third-order valence-corrected chi connectivity index (χ3v) is 4.58. The number of aromatic hydroxyl groups is 2. The fraction of sp³-hybridized carbons (Fsp3) is 0.333. The van der Waals surface area contributed by atoms with Crippen LogP contribution in [0.4, 0.5) is 0 Å². The standard InChI is InChI=1S/C12H16N4O3S2/c1-7(2)4-16-10(19)8(5-17)21-12(16)14-13-11-15(3)9(18)6-20-11/h6,17-19H,1,4-5H2,2-3H3/b13-11-,14-12?. The second kappa shape index (κ2) is 6.29. The van der Waals surface area contributed by atoms with E-state index >= 15 is 0 Å². The van der Waals surface area contributed by atoms with Crippen molar-refractivity contribution in [3.8, 4) is 11.8 Å². The van der Waals surface area contributed by atoms with Gasteiger partial charge in [0, 0.05) is 13.6 Å². The predicted octanol–water partition coefficient (Wildman–Crippen LogP) is 0.846. The molecule has 9 heteroatoms. The molecule has 0 radical (unpaired) electrons. The Labute approximate surface area is 128 Å². The van der Waals surface area contributed by atoms with Crippen LogP contribution in [-0.4, -0.2) is 24.5 Å². The number of rotatable bonds is 4. The van der Waals surface area contributed by atoms with E-state index in [-0.39, 0.29) is 18.4 Å². The summed E-state index contributed by atoms with van der Waals surface area (Å²) >= 11 is 2.40. The predicted molar refractivity (Wildman–Crippen MR) is 80.8 cm³/mol. The van der Waals surface area contributed by atoms with Crippen LogP contribution in [0.1, 0.15) is 11.8 Å². The molecule has 7 nitrogen and oxygen atoms in total. The maximum atomic E-state index is 10.0. The quantitative estimate of drug-likeness (QED) is 0.573. The smallest absolute Gasteiger partial charge is 0.214 e. The number of hydrogen-bond donors (Lipinski definition) is 3. The highest BCUT2D eigenvalue weighted by atomic mass is 32.1. The number of aromatic nitrogens is 2. The summed E-state index contributed by atoms with van der Waals surface area (Å²) in [5.41, 5.74) is 0.841. The first-order chi connectivity index (χ1) is 9.93. The van der Waals surface area contributed by atoms with E-state index in [9.17, 15) is 15.3 Å². The van der Waals surface area contributed by atoms with E-state index in [1.54, 1.807) is 12.4 Å². The molecule has 2 aromatic rings. The molecule has 0 spiro atoms. The van der Waals surface area contributed by atoms with E-state index < -0.39 is 0 Å². The van der Waals surface area contributed by atoms with Crippen molar-refractivity contribution in [2.75, 3.05) is 0 Å². The molecule has 2 rings (SSSR count). The van der Waals surface area contributed by atoms with Crippen molar-refractivity contribution in [1.82, 2.24) is 9.13 Å². The van der Waals surface area contributed by atoms with Gasteiger partial charge in [-0.25, -0.2) is 0 Å². The molecule has 3 N–H and O–H groups in total. The van der Waals surface area contributed by atoms with Crippen LogP contribution < -0.4 is 9.60 Å². The first-order valence-electron chi connectivity index (χ1n) is 6.02. The number of hydrogen-bond acceptors (Lipinski definition) is 7. The minimum Gasteiger partial charge on any atom is -0.494 e. The molecule has 0 saturated heterocycles. The van der Waals surface area contributed by atoms with Crippen molar-refractivity contribution >= 4 is 22.7 Å². The number of aliphatic hydroxyl groups excluding tert-OH is 1. The largest absolute Gasteiger partial charge is 0.494 e. The summed E-state index contributed by atoms with van der Waals surface area (Å²) in [6.07, 6.45) is 0. The molecule has 0 saturated carbocycles. The number of allylic oxidation sites excluding steroid dienone is 1. The molecule has 2 heterocycles. The molecule has 0 aromatic carbocycles. The lowest BCUT2D eigenvalue weighted by atomic mass is 10.3. The normalized spacial score (nSPS) is 13.1. The van der Waals surface area contributed by atoms with E-state index in [0.717, 1.165) is 16.9 Å². The van der Waals surface area contributed by atoms with Crippen molar-refractivity contribution in [3.05, 3.63) is 32.0 Å². The molecule has 0 atom stereocenters. The van der Waals surface area contributed by atoms with Gasteiger partial charge in [0.25, 0.3) is 0 Å². The summed E-state index contributed by atoms with van der Waals surface area (Å²) in [4.78, 5) is 1.39. The van der Waals surface area contributed by atoms with Gasteiger partial charge in [-0.05, 0) is 6.92 Å². The van der Waals surface area contributed by atoms with E-state index in [0.29, 0.717) is 21.0 Å². The van der Waals surface area contributed by atoms with E-state index in [2.05, 4.69) is 16.8 Å². The van der Waals surface area contributed by atoms with Crippen LogP contribution in [0.3, 0.4) is 0 Å². The van der Waals surface area contributed by atoms with Crippen molar-refractivity contribution in [2.24, 2.45) is 17.3 Å². The van der Waals surface area contributed by atoms with E-state index in [1.807, 2.05) is 6.92 Å². The lowest BCUT2D eigenvalue weighted by molar-refractivity contribution is 0.276. The average Bonchev–Trinajstić information content (AvgIpc) is 2.91. The molecule has 0 fully saturated rings. The van der Waals surface area contributed by atoms with Crippen LogP contribution in [0, 0.1) is 0 Å². The zero-order valence-electron chi connectivity index (χ0n) is 11.6. The van der Waals surface area contributed by atoms with Crippen LogP contribution in [0.2, 0.25) is 0 Å². The first kappa shape index (κ1) is 15.5. The third kappa shape index (κ3) is 3.26. The summed E-state index contributed by atoms with van der Waals surface area (Å²) in [5.74, 6) is 0.0756. The molecular weight excluding hydrogens is 312 g/mol. The molecule has 0 aliphatic carbocycles. The number of nitrogens with zero attached hydrogens (tertiary/aromatic N) is 4. The third-order valence-electron chi connectivity index (χ3n) is 2.64. The maximum absolute atomic E-state index is 10.0. The van der Waals surface area contributed by atoms with Gasteiger partial charge in [-0.3, -0.25) is 9.13 Å². The monoisotopic (exact) mass is 328 g/mol. The summed E-state index contributed by atoms with van der Waals surface area (Å²) < 4.78 is 3.03. The molecule has 0 aliphatic rings.